The Labute approximate surface area is 211 Å². The average molecular weight is 609 g/mol. The summed E-state index contributed by atoms with van der Waals surface area (Å²) >= 11 is 14.2. The zero-order valence-corrected chi connectivity index (χ0v) is 20.7. The van der Waals surface area contributed by atoms with E-state index in [4.69, 9.17) is 23.2 Å². The van der Waals surface area contributed by atoms with Crippen molar-refractivity contribution in [3.8, 4) is 0 Å². The summed E-state index contributed by atoms with van der Waals surface area (Å²) in [4.78, 5) is 20.4. The predicted octanol–water partition coefficient (Wildman–Crippen LogP) is 6.71. The molecule has 2 aromatic heterocycles. The van der Waals surface area contributed by atoms with Crippen LogP contribution in [0.15, 0.2) is 36.5 Å². The van der Waals surface area contributed by atoms with Gasteiger partial charge in [0.1, 0.15) is 10.8 Å². The summed E-state index contributed by atoms with van der Waals surface area (Å²) in [7, 11) is 0. The molecular formula is C22H18Cl2F3IN4O. The van der Waals surface area contributed by atoms with Crippen molar-refractivity contribution >= 4 is 68.3 Å². The highest BCUT2D eigenvalue weighted by Gasteiger charge is 2.34. The zero-order chi connectivity index (χ0) is 23.8. The summed E-state index contributed by atoms with van der Waals surface area (Å²) < 4.78 is 40.8. The molecule has 2 heterocycles. The van der Waals surface area contributed by atoms with Crippen LogP contribution in [0.3, 0.4) is 0 Å². The van der Waals surface area contributed by atoms with Crippen molar-refractivity contribution in [2.24, 2.45) is 0 Å². The molecule has 1 aliphatic rings. The number of carbonyl (C=O) groups is 1. The number of hydrogen-bond acceptors (Lipinski definition) is 4. The molecule has 1 aliphatic carbocycles. The van der Waals surface area contributed by atoms with E-state index in [1.165, 1.54) is 18.3 Å². The van der Waals surface area contributed by atoms with Gasteiger partial charge < -0.3 is 10.6 Å². The van der Waals surface area contributed by atoms with Crippen LogP contribution in [0.4, 0.5) is 18.9 Å². The maximum absolute atomic E-state index is 13.4. The molecule has 0 spiro atoms. The lowest BCUT2D eigenvalue weighted by Gasteiger charge is -2.31. The Kier molecular flexibility index (Phi) is 7.20. The summed E-state index contributed by atoms with van der Waals surface area (Å²) in [6, 6.07) is 7.24. The Balaban J connectivity index is 1.46. The van der Waals surface area contributed by atoms with Crippen molar-refractivity contribution in [1.82, 2.24) is 15.3 Å². The van der Waals surface area contributed by atoms with Gasteiger partial charge in [0.05, 0.1) is 11.1 Å². The van der Waals surface area contributed by atoms with Crippen molar-refractivity contribution in [3.05, 3.63) is 61.5 Å². The third-order valence-electron chi connectivity index (χ3n) is 5.56. The first-order valence-corrected chi connectivity index (χ1v) is 12.0. The van der Waals surface area contributed by atoms with Gasteiger partial charge in [0.25, 0.3) is 5.91 Å². The molecule has 0 bridgehead atoms. The molecular weight excluding hydrogens is 591 g/mol. The molecule has 0 atom stereocenters. The third kappa shape index (κ3) is 5.63. The second kappa shape index (κ2) is 9.79. The van der Waals surface area contributed by atoms with Crippen LogP contribution in [0, 0.1) is 3.57 Å². The lowest BCUT2D eigenvalue weighted by molar-refractivity contribution is -0.140. The highest BCUT2D eigenvalue weighted by atomic mass is 127. The van der Waals surface area contributed by atoms with E-state index in [1.807, 2.05) is 22.6 Å². The molecule has 2 N–H and O–H groups in total. The number of fused-ring (bicyclic) bond motifs is 1. The number of hydrogen-bond donors (Lipinski definition) is 2. The second-order valence-corrected chi connectivity index (χ2v) is 9.80. The standard InChI is InChI=1S/C22H18Cl2F3IN4O/c23-11-1-6-16-14(9-11)17(10-18(32-16)22(25,26)27)30-12-2-4-13(5-3-12)31-21(33)19-15(28)7-8-29-20(19)24/h1,6-10,12-13H,2-5H2,(H,30,32)(H,31,33)/t12-,13+. The Morgan fingerprint density at radius 2 is 1.76 bits per heavy atom. The molecule has 0 radical (unpaired) electrons. The van der Waals surface area contributed by atoms with Crippen LogP contribution in [0.5, 0.6) is 0 Å². The van der Waals surface area contributed by atoms with E-state index in [-0.39, 0.29) is 28.7 Å². The molecule has 0 aliphatic heterocycles. The fraction of sp³-hybridized carbons (Fsp3) is 0.318. The van der Waals surface area contributed by atoms with Crippen LogP contribution >= 0.6 is 45.8 Å². The number of carbonyl (C=O) groups excluding carboxylic acids is 1. The van der Waals surface area contributed by atoms with Gasteiger partial charge in [-0.15, -0.1) is 0 Å². The van der Waals surface area contributed by atoms with Gasteiger partial charge in [-0.05, 0) is 78.6 Å². The van der Waals surface area contributed by atoms with Gasteiger partial charge in [0.15, 0.2) is 0 Å². The minimum Gasteiger partial charge on any atom is -0.382 e. The first kappa shape index (κ1) is 24.3. The van der Waals surface area contributed by atoms with Crippen molar-refractivity contribution in [3.63, 3.8) is 0 Å². The number of nitrogens with zero attached hydrogens (tertiary/aromatic N) is 2. The minimum atomic E-state index is -4.56. The number of halogens is 6. The molecule has 1 saturated carbocycles. The summed E-state index contributed by atoms with van der Waals surface area (Å²) in [5.74, 6) is -0.279. The van der Waals surface area contributed by atoms with Crippen LogP contribution in [-0.2, 0) is 6.18 Å². The highest BCUT2D eigenvalue weighted by Crippen LogP contribution is 2.35. The molecule has 4 rings (SSSR count). The quantitative estimate of drug-likeness (QED) is 0.255. The third-order valence-corrected chi connectivity index (χ3v) is 6.98. The Morgan fingerprint density at radius 3 is 2.42 bits per heavy atom. The number of rotatable bonds is 4. The number of alkyl halides is 3. The van der Waals surface area contributed by atoms with Crippen LogP contribution in [-0.4, -0.2) is 28.0 Å². The van der Waals surface area contributed by atoms with Crippen LogP contribution in [0.2, 0.25) is 10.2 Å². The summed E-state index contributed by atoms with van der Waals surface area (Å²) in [6.07, 6.45) is -0.320. The van der Waals surface area contributed by atoms with Crippen LogP contribution in [0.25, 0.3) is 10.9 Å². The SMILES string of the molecule is O=C(N[C@H]1CC[C@@H](Nc2cc(C(F)(F)F)nc3ccc(Cl)cc23)CC1)c1c(I)ccnc1Cl. The molecule has 174 valence electrons. The maximum Gasteiger partial charge on any atom is 0.433 e. The van der Waals surface area contributed by atoms with Gasteiger partial charge in [-0.1, -0.05) is 23.2 Å². The number of nitrogens with one attached hydrogen (secondary N) is 2. The fourth-order valence-corrected chi connectivity index (χ4v) is 5.18. The summed E-state index contributed by atoms with van der Waals surface area (Å²) in [6.45, 7) is 0. The molecule has 33 heavy (non-hydrogen) atoms. The molecule has 5 nitrogen and oxygen atoms in total. The van der Waals surface area contributed by atoms with E-state index in [0.29, 0.717) is 50.9 Å². The average Bonchev–Trinajstić information content (AvgIpc) is 2.74. The van der Waals surface area contributed by atoms with Crippen molar-refractivity contribution in [1.29, 1.82) is 0 Å². The fourth-order valence-electron chi connectivity index (χ4n) is 3.94. The van der Waals surface area contributed by atoms with Crippen LogP contribution in [0.1, 0.15) is 41.7 Å². The van der Waals surface area contributed by atoms with Gasteiger partial charge in [0, 0.05) is 37.9 Å². The molecule has 0 saturated heterocycles. The predicted molar refractivity (Wildman–Crippen MR) is 131 cm³/mol. The zero-order valence-electron chi connectivity index (χ0n) is 17.0. The summed E-state index contributed by atoms with van der Waals surface area (Å²) in [5, 5.41) is 7.34. The van der Waals surface area contributed by atoms with Crippen LogP contribution < -0.4 is 10.6 Å². The van der Waals surface area contributed by atoms with Gasteiger partial charge in [0.2, 0.25) is 0 Å². The summed E-state index contributed by atoms with van der Waals surface area (Å²) in [5.41, 5.74) is -0.0387. The largest absolute Gasteiger partial charge is 0.433 e. The molecule has 3 aromatic rings. The molecule has 1 aromatic carbocycles. The second-order valence-electron chi connectivity index (χ2n) is 7.84. The van der Waals surface area contributed by atoms with E-state index in [9.17, 15) is 18.0 Å². The van der Waals surface area contributed by atoms with Crippen molar-refractivity contribution < 1.29 is 18.0 Å². The Bertz CT molecular complexity index is 1180. The number of pyridine rings is 2. The van der Waals surface area contributed by atoms with E-state index in [2.05, 4.69) is 20.6 Å². The first-order chi connectivity index (χ1) is 15.6. The van der Waals surface area contributed by atoms with Crippen molar-refractivity contribution in [2.45, 2.75) is 43.9 Å². The van der Waals surface area contributed by atoms with E-state index < -0.39 is 11.9 Å². The van der Waals surface area contributed by atoms with Gasteiger partial charge >= 0.3 is 6.18 Å². The molecule has 11 heteroatoms. The van der Waals surface area contributed by atoms with Gasteiger partial charge in [-0.25, -0.2) is 9.97 Å². The number of anilines is 1. The lowest BCUT2D eigenvalue weighted by atomic mass is 9.90. The van der Waals surface area contributed by atoms with E-state index >= 15 is 0 Å². The number of benzene rings is 1. The maximum atomic E-state index is 13.4. The Hall–Kier alpha value is -1.85. The van der Waals surface area contributed by atoms with Crippen molar-refractivity contribution in [2.75, 3.05) is 5.32 Å². The Morgan fingerprint density at radius 1 is 1.06 bits per heavy atom. The van der Waals surface area contributed by atoms with E-state index in [1.54, 1.807) is 12.1 Å². The van der Waals surface area contributed by atoms with E-state index in [0.717, 1.165) is 6.07 Å². The van der Waals surface area contributed by atoms with Gasteiger partial charge in [-0.2, -0.15) is 13.2 Å². The first-order valence-electron chi connectivity index (χ1n) is 10.2. The number of aromatic nitrogens is 2. The number of amides is 1. The molecule has 1 amide bonds. The minimum absolute atomic E-state index is 0.0501. The topological polar surface area (TPSA) is 66.9 Å². The normalized spacial score (nSPS) is 18.8. The molecule has 1 fully saturated rings. The monoisotopic (exact) mass is 608 g/mol. The highest BCUT2D eigenvalue weighted by molar-refractivity contribution is 14.1. The lowest BCUT2D eigenvalue weighted by Crippen LogP contribution is -2.40. The van der Waals surface area contributed by atoms with Gasteiger partial charge in [-0.3, -0.25) is 4.79 Å². The smallest absolute Gasteiger partial charge is 0.382 e. The molecule has 0 unspecified atom stereocenters.